The summed E-state index contributed by atoms with van der Waals surface area (Å²) < 4.78 is 24.1. The van der Waals surface area contributed by atoms with Gasteiger partial charge in [0.15, 0.2) is 0 Å². The lowest BCUT2D eigenvalue weighted by Crippen LogP contribution is -1.99. The van der Waals surface area contributed by atoms with Gasteiger partial charge in [0.05, 0.1) is 12.1 Å². The molecule has 0 N–H and O–H groups in total. The van der Waals surface area contributed by atoms with Crippen molar-refractivity contribution in [3.8, 4) is 11.5 Å². The Morgan fingerprint density at radius 2 is 1.89 bits per heavy atom. The van der Waals surface area contributed by atoms with Crippen molar-refractivity contribution in [2.24, 2.45) is 0 Å². The number of hydrogen-bond acceptors (Lipinski definition) is 2. The van der Waals surface area contributed by atoms with Gasteiger partial charge in [-0.25, -0.2) is 4.39 Å². The summed E-state index contributed by atoms with van der Waals surface area (Å²) >= 11 is 11.8. The first kappa shape index (κ1) is 14.0. The Morgan fingerprint density at radius 3 is 2.58 bits per heavy atom. The highest BCUT2D eigenvalue weighted by molar-refractivity contribution is 6.34. The molecule has 0 fully saturated rings. The van der Waals surface area contributed by atoms with Gasteiger partial charge in [-0.05, 0) is 24.3 Å². The number of ether oxygens (including phenoxy) is 2. The van der Waals surface area contributed by atoms with Crippen LogP contribution in [0.5, 0.6) is 11.5 Å². The fourth-order valence-electron chi connectivity index (χ4n) is 1.52. The van der Waals surface area contributed by atoms with E-state index in [1.165, 1.54) is 13.2 Å². The van der Waals surface area contributed by atoms with Gasteiger partial charge >= 0.3 is 0 Å². The zero-order valence-electron chi connectivity index (χ0n) is 10.1. The SMILES string of the molecule is COc1ccc(COc2cc(Cl)ccc2Cl)c(F)c1. The molecule has 0 atom stereocenters. The second-order valence-electron chi connectivity index (χ2n) is 3.82. The third kappa shape index (κ3) is 3.52. The number of rotatable bonds is 4. The molecule has 2 nitrogen and oxygen atoms in total. The first-order chi connectivity index (χ1) is 9.10. The summed E-state index contributed by atoms with van der Waals surface area (Å²) in [5.41, 5.74) is 0.414. The lowest BCUT2D eigenvalue weighted by atomic mass is 10.2. The molecule has 0 aliphatic carbocycles. The summed E-state index contributed by atoms with van der Waals surface area (Å²) in [7, 11) is 1.48. The van der Waals surface area contributed by atoms with E-state index in [0.717, 1.165) is 0 Å². The molecule has 0 bridgehead atoms. The maximum Gasteiger partial charge on any atom is 0.139 e. The molecule has 5 heteroatoms. The molecule has 19 heavy (non-hydrogen) atoms. The van der Waals surface area contributed by atoms with E-state index in [4.69, 9.17) is 32.7 Å². The molecule has 0 unspecified atom stereocenters. The first-order valence-electron chi connectivity index (χ1n) is 5.50. The molecule has 0 aliphatic heterocycles. The Hall–Kier alpha value is -1.45. The zero-order valence-corrected chi connectivity index (χ0v) is 11.6. The molecule has 0 spiro atoms. The van der Waals surface area contributed by atoms with Gasteiger partial charge in [0.25, 0.3) is 0 Å². The molecule has 0 aliphatic rings. The van der Waals surface area contributed by atoms with Gasteiger partial charge < -0.3 is 9.47 Å². The average Bonchev–Trinajstić information content (AvgIpc) is 2.40. The molecule has 0 amide bonds. The molecule has 0 saturated heterocycles. The maximum atomic E-state index is 13.7. The minimum absolute atomic E-state index is 0.0654. The van der Waals surface area contributed by atoms with E-state index in [9.17, 15) is 4.39 Å². The highest BCUT2D eigenvalue weighted by Gasteiger charge is 2.07. The fourth-order valence-corrected chi connectivity index (χ4v) is 1.85. The van der Waals surface area contributed by atoms with Crippen molar-refractivity contribution in [2.75, 3.05) is 7.11 Å². The van der Waals surface area contributed by atoms with E-state index in [0.29, 0.717) is 27.1 Å². The third-order valence-corrected chi connectivity index (χ3v) is 3.08. The van der Waals surface area contributed by atoms with Crippen LogP contribution in [-0.4, -0.2) is 7.11 Å². The van der Waals surface area contributed by atoms with Crippen LogP contribution in [0.25, 0.3) is 0 Å². The van der Waals surface area contributed by atoms with Crippen molar-refractivity contribution in [3.05, 3.63) is 57.8 Å². The van der Waals surface area contributed by atoms with Gasteiger partial charge in [-0.3, -0.25) is 0 Å². The lowest BCUT2D eigenvalue weighted by molar-refractivity contribution is 0.299. The molecule has 100 valence electrons. The summed E-state index contributed by atoms with van der Waals surface area (Å²) in [5, 5.41) is 0.938. The van der Waals surface area contributed by atoms with Crippen LogP contribution in [0.2, 0.25) is 10.0 Å². The average molecular weight is 301 g/mol. The second-order valence-corrected chi connectivity index (χ2v) is 4.66. The predicted molar refractivity (Wildman–Crippen MR) is 73.7 cm³/mol. The predicted octanol–water partition coefficient (Wildman–Crippen LogP) is 4.72. The van der Waals surface area contributed by atoms with E-state index in [-0.39, 0.29) is 6.61 Å². The van der Waals surface area contributed by atoms with Crippen molar-refractivity contribution in [2.45, 2.75) is 6.61 Å². The second kappa shape index (κ2) is 6.13. The summed E-state index contributed by atoms with van der Waals surface area (Å²) in [4.78, 5) is 0. The van der Waals surface area contributed by atoms with E-state index < -0.39 is 5.82 Å². The van der Waals surface area contributed by atoms with Crippen LogP contribution in [-0.2, 0) is 6.61 Å². The topological polar surface area (TPSA) is 18.5 Å². The molecule has 2 aromatic carbocycles. The van der Waals surface area contributed by atoms with Crippen LogP contribution in [0.1, 0.15) is 5.56 Å². The van der Waals surface area contributed by atoms with E-state index in [2.05, 4.69) is 0 Å². The number of halogens is 3. The Labute approximate surface area is 120 Å². The van der Waals surface area contributed by atoms with Crippen LogP contribution < -0.4 is 9.47 Å². The van der Waals surface area contributed by atoms with Gasteiger partial charge in [0.1, 0.15) is 23.9 Å². The van der Waals surface area contributed by atoms with Gasteiger partial charge in [0.2, 0.25) is 0 Å². The van der Waals surface area contributed by atoms with Gasteiger partial charge in [-0.2, -0.15) is 0 Å². The number of benzene rings is 2. The standard InChI is InChI=1S/C14H11Cl2FO2/c1-18-11-4-2-9(13(17)7-11)8-19-14-6-10(15)3-5-12(14)16/h2-7H,8H2,1H3. The normalized spacial score (nSPS) is 10.3. The third-order valence-electron chi connectivity index (χ3n) is 2.54. The molecule has 2 rings (SSSR count). The first-order valence-corrected chi connectivity index (χ1v) is 6.26. The molecule has 0 saturated carbocycles. The summed E-state index contributed by atoms with van der Waals surface area (Å²) in [6.45, 7) is 0.0654. The maximum absolute atomic E-state index is 13.7. The van der Waals surface area contributed by atoms with Crippen LogP contribution in [0.15, 0.2) is 36.4 Å². The van der Waals surface area contributed by atoms with Crippen LogP contribution in [0.4, 0.5) is 4.39 Å². The number of hydrogen-bond donors (Lipinski definition) is 0. The van der Waals surface area contributed by atoms with Crippen molar-refractivity contribution in [1.29, 1.82) is 0 Å². The Morgan fingerprint density at radius 1 is 1.11 bits per heavy atom. The van der Waals surface area contributed by atoms with E-state index in [1.54, 1.807) is 30.3 Å². The lowest BCUT2D eigenvalue weighted by Gasteiger charge is -2.10. The van der Waals surface area contributed by atoms with Crippen LogP contribution in [0.3, 0.4) is 0 Å². The van der Waals surface area contributed by atoms with Crippen molar-refractivity contribution >= 4 is 23.2 Å². The largest absolute Gasteiger partial charge is 0.497 e. The van der Waals surface area contributed by atoms with E-state index in [1.807, 2.05) is 0 Å². The Kier molecular flexibility index (Phi) is 4.51. The molecule has 2 aromatic rings. The number of methoxy groups -OCH3 is 1. The van der Waals surface area contributed by atoms with Gasteiger partial charge in [-0.15, -0.1) is 0 Å². The molecule has 0 radical (unpaired) electrons. The van der Waals surface area contributed by atoms with Crippen molar-refractivity contribution < 1.29 is 13.9 Å². The summed E-state index contributed by atoms with van der Waals surface area (Å²) in [6, 6.07) is 9.45. The summed E-state index contributed by atoms with van der Waals surface area (Å²) in [6.07, 6.45) is 0. The smallest absolute Gasteiger partial charge is 0.139 e. The van der Waals surface area contributed by atoms with Crippen molar-refractivity contribution in [1.82, 2.24) is 0 Å². The van der Waals surface area contributed by atoms with Crippen molar-refractivity contribution in [3.63, 3.8) is 0 Å². The van der Waals surface area contributed by atoms with Crippen LogP contribution >= 0.6 is 23.2 Å². The van der Waals surface area contributed by atoms with Gasteiger partial charge in [-0.1, -0.05) is 23.2 Å². The monoisotopic (exact) mass is 300 g/mol. The van der Waals surface area contributed by atoms with E-state index >= 15 is 0 Å². The van der Waals surface area contributed by atoms with Crippen LogP contribution in [0, 0.1) is 5.82 Å². The summed E-state index contributed by atoms with van der Waals surface area (Å²) in [5.74, 6) is 0.490. The zero-order chi connectivity index (χ0) is 13.8. The highest BCUT2D eigenvalue weighted by atomic mass is 35.5. The highest BCUT2D eigenvalue weighted by Crippen LogP contribution is 2.28. The van der Waals surface area contributed by atoms with Gasteiger partial charge in [0, 0.05) is 22.7 Å². The Bertz CT molecular complexity index is 588. The molecular formula is C14H11Cl2FO2. The molecule has 0 aromatic heterocycles. The Balaban J connectivity index is 2.12. The molecular weight excluding hydrogens is 290 g/mol. The minimum atomic E-state index is -0.391. The molecule has 0 heterocycles. The fraction of sp³-hybridized carbons (Fsp3) is 0.143. The minimum Gasteiger partial charge on any atom is -0.497 e. The quantitative estimate of drug-likeness (QED) is 0.813.